The van der Waals surface area contributed by atoms with Crippen LogP contribution in [-0.4, -0.2) is 31.1 Å². The molecule has 0 atom stereocenters. The highest BCUT2D eigenvalue weighted by Crippen LogP contribution is 2.07. The molecular formula is C13H22N2O. The van der Waals surface area contributed by atoms with E-state index in [-0.39, 0.29) is 0 Å². The second-order valence-corrected chi connectivity index (χ2v) is 4.59. The van der Waals surface area contributed by atoms with Gasteiger partial charge in [0.1, 0.15) is 11.5 Å². The molecule has 0 amide bonds. The van der Waals surface area contributed by atoms with E-state index in [9.17, 15) is 0 Å². The quantitative estimate of drug-likeness (QED) is 0.748. The molecule has 1 aromatic rings. The van der Waals surface area contributed by atoms with E-state index in [1.54, 1.807) is 0 Å². The molecule has 0 spiro atoms. The van der Waals surface area contributed by atoms with E-state index >= 15 is 0 Å². The summed E-state index contributed by atoms with van der Waals surface area (Å²) in [7, 11) is 0. The van der Waals surface area contributed by atoms with Gasteiger partial charge in [-0.25, -0.2) is 0 Å². The van der Waals surface area contributed by atoms with Gasteiger partial charge >= 0.3 is 0 Å². The monoisotopic (exact) mass is 222 g/mol. The van der Waals surface area contributed by atoms with Crippen molar-refractivity contribution in [2.24, 2.45) is 0 Å². The Morgan fingerprint density at radius 1 is 1.31 bits per heavy atom. The minimum absolute atomic E-state index is 0.855. The van der Waals surface area contributed by atoms with Gasteiger partial charge in [0.05, 0.1) is 6.54 Å². The molecule has 0 saturated carbocycles. The van der Waals surface area contributed by atoms with Gasteiger partial charge in [-0.1, -0.05) is 0 Å². The fourth-order valence-electron chi connectivity index (χ4n) is 2.23. The van der Waals surface area contributed by atoms with Crippen LogP contribution in [0.1, 0.15) is 30.8 Å². The summed E-state index contributed by atoms with van der Waals surface area (Å²) in [6, 6.07) is 4.06. The SMILES string of the molecule is Cc1ccc(CNCCCN2CCCC2)o1. The summed E-state index contributed by atoms with van der Waals surface area (Å²) in [5, 5.41) is 3.42. The first kappa shape index (κ1) is 11.7. The van der Waals surface area contributed by atoms with Crippen LogP contribution in [0.4, 0.5) is 0 Å². The molecule has 16 heavy (non-hydrogen) atoms. The van der Waals surface area contributed by atoms with E-state index in [1.165, 1.54) is 38.9 Å². The maximum Gasteiger partial charge on any atom is 0.117 e. The Hall–Kier alpha value is -0.800. The molecule has 0 bridgehead atoms. The summed E-state index contributed by atoms with van der Waals surface area (Å²) >= 11 is 0. The van der Waals surface area contributed by atoms with Crippen LogP contribution in [0.2, 0.25) is 0 Å². The second-order valence-electron chi connectivity index (χ2n) is 4.59. The molecule has 1 aliphatic heterocycles. The van der Waals surface area contributed by atoms with E-state index in [2.05, 4.69) is 10.2 Å². The van der Waals surface area contributed by atoms with Crippen molar-refractivity contribution in [3.8, 4) is 0 Å². The Bertz CT molecular complexity index is 303. The van der Waals surface area contributed by atoms with Gasteiger partial charge < -0.3 is 14.6 Å². The van der Waals surface area contributed by atoms with Crippen LogP contribution in [0.5, 0.6) is 0 Å². The molecule has 3 heteroatoms. The predicted molar refractivity (Wildman–Crippen MR) is 65.4 cm³/mol. The predicted octanol–water partition coefficient (Wildman–Crippen LogP) is 2.16. The van der Waals surface area contributed by atoms with Crippen LogP contribution in [-0.2, 0) is 6.54 Å². The Morgan fingerprint density at radius 3 is 2.81 bits per heavy atom. The normalized spacial score (nSPS) is 17.1. The fraction of sp³-hybridized carbons (Fsp3) is 0.692. The summed E-state index contributed by atoms with van der Waals surface area (Å²) in [4.78, 5) is 2.55. The highest BCUT2D eigenvalue weighted by Gasteiger charge is 2.09. The highest BCUT2D eigenvalue weighted by molar-refractivity contribution is 5.04. The maximum absolute atomic E-state index is 5.49. The van der Waals surface area contributed by atoms with Gasteiger partial charge in [0.25, 0.3) is 0 Å². The van der Waals surface area contributed by atoms with Gasteiger partial charge in [-0.2, -0.15) is 0 Å². The maximum atomic E-state index is 5.49. The van der Waals surface area contributed by atoms with Crippen molar-refractivity contribution in [3.05, 3.63) is 23.7 Å². The van der Waals surface area contributed by atoms with Crippen LogP contribution in [0, 0.1) is 6.92 Å². The van der Waals surface area contributed by atoms with E-state index in [0.29, 0.717) is 0 Å². The summed E-state index contributed by atoms with van der Waals surface area (Å²) < 4.78 is 5.49. The highest BCUT2D eigenvalue weighted by atomic mass is 16.3. The third-order valence-electron chi connectivity index (χ3n) is 3.12. The van der Waals surface area contributed by atoms with E-state index in [0.717, 1.165) is 24.6 Å². The molecule has 90 valence electrons. The largest absolute Gasteiger partial charge is 0.465 e. The lowest BCUT2D eigenvalue weighted by molar-refractivity contribution is 0.329. The van der Waals surface area contributed by atoms with Gasteiger partial charge in [0.15, 0.2) is 0 Å². The molecule has 3 nitrogen and oxygen atoms in total. The van der Waals surface area contributed by atoms with Crippen LogP contribution in [0.15, 0.2) is 16.5 Å². The van der Waals surface area contributed by atoms with E-state index in [4.69, 9.17) is 4.42 Å². The van der Waals surface area contributed by atoms with Gasteiger partial charge in [-0.15, -0.1) is 0 Å². The number of nitrogens with zero attached hydrogens (tertiary/aromatic N) is 1. The minimum Gasteiger partial charge on any atom is -0.465 e. The summed E-state index contributed by atoms with van der Waals surface area (Å²) in [5.74, 6) is 2.03. The van der Waals surface area contributed by atoms with Crippen molar-refractivity contribution in [1.29, 1.82) is 0 Å². The second kappa shape index (κ2) is 6.06. The number of nitrogens with one attached hydrogen (secondary N) is 1. The van der Waals surface area contributed by atoms with Crippen molar-refractivity contribution in [2.45, 2.75) is 32.7 Å². The van der Waals surface area contributed by atoms with Gasteiger partial charge in [0, 0.05) is 0 Å². The smallest absolute Gasteiger partial charge is 0.117 e. The molecule has 0 unspecified atom stereocenters. The van der Waals surface area contributed by atoms with Crippen molar-refractivity contribution in [2.75, 3.05) is 26.2 Å². The first-order valence-corrected chi connectivity index (χ1v) is 6.33. The Balaban J connectivity index is 1.51. The first-order chi connectivity index (χ1) is 7.84. The molecule has 2 heterocycles. The molecular weight excluding hydrogens is 200 g/mol. The molecule has 1 N–H and O–H groups in total. The van der Waals surface area contributed by atoms with Crippen molar-refractivity contribution in [1.82, 2.24) is 10.2 Å². The average molecular weight is 222 g/mol. The molecule has 2 rings (SSSR count). The molecule has 1 aliphatic rings. The third kappa shape index (κ3) is 3.65. The number of hydrogen-bond acceptors (Lipinski definition) is 3. The van der Waals surface area contributed by atoms with Crippen molar-refractivity contribution in [3.63, 3.8) is 0 Å². The molecule has 0 radical (unpaired) electrons. The zero-order valence-electron chi connectivity index (χ0n) is 10.2. The zero-order chi connectivity index (χ0) is 11.2. The molecule has 0 aromatic carbocycles. The summed E-state index contributed by atoms with van der Waals surface area (Å²) in [6.07, 6.45) is 4.01. The topological polar surface area (TPSA) is 28.4 Å². The van der Waals surface area contributed by atoms with Gasteiger partial charge in [-0.3, -0.25) is 0 Å². The lowest BCUT2D eigenvalue weighted by Crippen LogP contribution is -2.24. The lowest BCUT2D eigenvalue weighted by Gasteiger charge is -2.13. The summed E-state index contributed by atoms with van der Waals surface area (Å²) in [6.45, 7) is 7.76. The Labute approximate surface area is 97.8 Å². The number of furan rings is 1. The third-order valence-corrected chi connectivity index (χ3v) is 3.12. The van der Waals surface area contributed by atoms with Crippen LogP contribution in [0.25, 0.3) is 0 Å². The minimum atomic E-state index is 0.855. The summed E-state index contributed by atoms with van der Waals surface area (Å²) in [5.41, 5.74) is 0. The average Bonchev–Trinajstić information content (AvgIpc) is 2.89. The van der Waals surface area contributed by atoms with Crippen molar-refractivity contribution >= 4 is 0 Å². The molecule has 1 fully saturated rings. The van der Waals surface area contributed by atoms with Crippen LogP contribution >= 0.6 is 0 Å². The Morgan fingerprint density at radius 2 is 2.12 bits per heavy atom. The van der Waals surface area contributed by atoms with E-state index < -0.39 is 0 Å². The number of likely N-dealkylation sites (tertiary alicyclic amines) is 1. The lowest BCUT2D eigenvalue weighted by atomic mass is 10.3. The van der Waals surface area contributed by atoms with Crippen molar-refractivity contribution < 1.29 is 4.42 Å². The van der Waals surface area contributed by atoms with E-state index in [1.807, 2.05) is 19.1 Å². The number of rotatable bonds is 6. The fourth-order valence-corrected chi connectivity index (χ4v) is 2.23. The first-order valence-electron chi connectivity index (χ1n) is 6.33. The zero-order valence-corrected chi connectivity index (χ0v) is 10.2. The van der Waals surface area contributed by atoms with Gasteiger partial charge in [-0.05, 0) is 64.5 Å². The number of aryl methyl sites for hydroxylation is 1. The molecule has 0 aliphatic carbocycles. The van der Waals surface area contributed by atoms with Crippen LogP contribution in [0.3, 0.4) is 0 Å². The molecule has 1 saturated heterocycles. The van der Waals surface area contributed by atoms with Gasteiger partial charge in [0.2, 0.25) is 0 Å². The standard InChI is InChI=1S/C13H22N2O/c1-12-5-6-13(16-12)11-14-7-4-10-15-8-2-3-9-15/h5-6,14H,2-4,7-11H2,1H3. The van der Waals surface area contributed by atoms with Crippen LogP contribution < -0.4 is 5.32 Å². The Kier molecular flexibility index (Phi) is 4.43. The molecule has 1 aromatic heterocycles. The number of hydrogen-bond donors (Lipinski definition) is 1.